The quantitative estimate of drug-likeness (QED) is 0.419. The van der Waals surface area contributed by atoms with E-state index in [4.69, 9.17) is 14.2 Å². The normalized spacial score (nSPS) is 14.2. The van der Waals surface area contributed by atoms with E-state index in [0.717, 1.165) is 24.8 Å². The third-order valence-corrected chi connectivity index (χ3v) is 4.82. The minimum absolute atomic E-state index is 0.0278. The molecule has 0 saturated carbocycles. The average Bonchev–Trinajstić information content (AvgIpc) is 2.81. The van der Waals surface area contributed by atoms with Gasteiger partial charge in [0, 0.05) is 24.6 Å². The number of rotatable bonds is 11. The number of para-hydroxylation sites is 1. The lowest BCUT2D eigenvalue weighted by atomic mass is 10.1. The number of amidine groups is 1. The molecule has 7 heteroatoms. The fourth-order valence-electron chi connectivity index (χ4n) is 3.10. The van der Waals surface area contributed by atoms with Crippen molar-refractivity contribution < 1.29 is 23.8 Å². The molecule has 0 saturated heterocycles. The highest BCUT2D eigenvalue weighted by molar-refractivity contribution is 6.40. The van der Waals surface area contributed by atoms with Crippen molar-refractivity contribution in [1.29, 1.82) is 0 Å². The van der Waals surface area contributed by atoms with E-state index in [9.17, 15) is 9.59 Å². The van der Waals surface area contributed by atoms with Crippen molar-refractivity contribution in [3.05, 3.63) is 66.4 Å². The predicted molar refractivity (Wildman–Crippen MR) is 122 cm³/mol. The molecule has 3 rings (SSSR count). The molecule has 0 aliphatic carbocycles. The van der Waals surface area contributed by atoms with Crippen LogP contribution in [0.25, 0.3) is 0 Å². The fourth-order valence-corrected chi connectivity index (χ4v) is 3.10. The maximum atomic E-state index is 11.7. The number of hydrogen-bond acceptors (Lipinski definition) is 6. The zero-order valence-electron chi connectivity index (χ0n) is 18.2. The first-order valence-corrected chi connectivity index (χ1v) is 10.7. The smallest absolute Gasteiger partial charge is 0.310 e. The van der Waals surface area contributed by atoms with E-state index in [1.54, 1.807) is 18.3 Å². The molecule has 0 spiro atoms. The van der Waals surface area contributed by atoms with Crippen LogP contribution in [-0.2, 0) is 20.7 Å². The molecule has 0 atom stereocenters. The molecule has 0 fully saturated rings. The number of hydrogen-bond donors (Lipinski definition) is 1. The van der Waals surface area contributed by atoms with Crippen molar-refractivity contribution in [1.82, 2.24) is 5.32 Å². The third kappa shape index (κ3) is 7.27. The number of ether oxygens (including phenoxy) is 3. The minimum Gasteiger partial charge on any atom is -0.493 e. The van der Waals surface area contributed by atoms with Gasteiger partial charge in [-0.2, -0.15) is 0 Å². The Morgan fingerprint density at radius 2 is 1.91 bits per heavy atom. The molecule has 0 radical (unpaired) electrons. The largest absolute Gasteiger partial charge is 0.493 e. The van der Waals surface area contributed by atoms with Gasteiger partial charge >= 0.3 is 5.97 Å². The molecule has 0 unspecified atom stereocenters. The zero-order chi connectivity index (χ0) is 22.6. The summed E-state index contributed by atoms with van der Waals surface area (Å²) in [6.45, 7) is 1.16. The van der Waals surface area contributed by atoms with Gasteiger partial charge in [0.2, 0.25) is 5.78 Å². The van der Waals surface area contributed by atoms with Crippen LogP contribution in [0.3, 0.4) is 0 Å². The van der Waals surface area contributed by atoms with Gasteiger partial charge in [-0.3, -0.25) is 14.6 Å². The van der Waals surface area contributed by atoms with Crippen LogP contribution in [0.1, 0.15) is 31.2 Å². The number of ketones is 1. The highest BCUT2D eigenvalue weighted by Gasteiger charge is 2.13. The average molecular weight is 437 g/mol. The van der Waals surface area contributed by atoms with E-state index < -0.39 is 0 Å². The monoisotopic (exact) mass is 436 g/mol. The molecule has 7 nitrogen and oxygen atoms in total. The Kier molecular flexibility index (Phi) is 8.86. The van der Waals surface area contributed by atoms with Crippen molar-refractivity contribution in [2.24, 2.45) is 4.99 Å². The molecule has 0 aromatic heterocycles. The number of carbonyl (C=O) groups is 2. The molecule has 2 aromatic rings. The number of benzene rings is 2. The molecule has 1 aliphatic rings. The molecule has 1 aliphatic heterocycles. The number of aliphatic imine (C=N–C) groups is 1. The molecule has 0 bridgehead atoms. The van der Waals surface area contributed by atoms with Crippen LogP contribution in [0.2, 0.25) is 0 Å². The van der Waals surface area contributed by atoms with Crippen molar-refractivity contribution in [3.8, 4) is 17.2 Å². The van der Waals surface area contributed by atoms with Gasteiger partial charge in [0.15, 0.2) is 5.84 Å². The molecule has 32 heavy (non-hydrogen) atoms. The lowest BCUT2D eigenvalue weighted by Gasteiger charge is -2.13. The maximum absolute atomic E-state index is 11.7. The maximum Gasteiger partial charge on any atom is 0.310 e. The predicted octanol–water partition coefficient (Wildman–Crippen LogP) is 4.22. The van der Waals surface area contributed by atoms with Gasteiger partial charge in [0.05, 0.1) is 20.1 Å². The van der Waals surface area contributed by atoms with Gasteiger partial charge in [-0.15, -0.1) is 0 Å². The molecule has 168 valence electrons. The highest BCUT2D eigenvalue weighted by atomic mass is 16.5. The van der Waals surface area contributed by atoms with Gasteiger partial charge in [0.25, 0.3) is 0 Å². The van der Waals surface area contributed by atoms with Crippen LogP contribution < -0.4 is 14.8 Å². The van der Waals surface area contributed by atoms with Crippen molar-refractivity contribution in [3.63, 3.8) is 0 Å². The number of allylic oxidation sites excluding steroid dienone is 1. The summed E-state index contributed by atoms with van der Waals surface area (Å²) in [7, 11) is 1.37. The van der Waals surface area contributed by atoms with E-state index in [-0.39, 0.29) is 18.2 Å². The highest BCUT2D eigenvalue weighted by Crippen LogP contribution is 2.30. The van der Waals surface area contributed by atoms with Gasteiger partial charge in [-0.05, 0) is 43.7 Å². The summed E-state index contributed by atoms with van der Waals surface area (Å²) in [5.41, 5.74) is 0.730. The van der Waals surface area contributed by atoms with Crippen LogP contribution in [0.4, 0.5) is 0 Å². The van der Waals surface area contributed by atoms with Gasteiger partial charge < -0.3 is 19.5 Å². The van der Waals surface area contributed by atoms with Gasteiger partial charge in [0.1, 0.15) is 17.2 Å². The van der Waals surface area contributed by atoms with E-state index in [2.05, 4.69) is 10.3 Å². The van der Waals surface area contributed by atoms with Crippen molar-refractivity contribution in [2.45, 2.75) is 32.1 Å². The van der Waals surface area contributed by atoms with Crippen molar-refractivity contribution in [2.75, 3.05) is 20.3 Å². The minimum atomic E-state index is -0.332. The molecule has 1 heterocycles. The summed E-state index contributed by atoms with van der Waals surface area (Å²) in [5.74, 6) is 2.06. The SMILES string of the molecule is COC(=O)Cc1ccc(OCCCCCN=C2NC=CCC2=O)cc1Oc1ccccc1. The Morgan fingerprint density at radius 3 is 2.69 bits per heavy atom. The Morgan fingerprint density at radius 1 is 1.06 bits per heavy atom. The molecular weight excluding hydrogens is 408 g/mol. The Balaban J connectivity index is 1.49. The summed E-state index contributed by atoms with van der Waals surface area (Å²) >= 11 is 0. The van der Waals surface area contributed by atoms with Crippen LogP contribution in [0.15, 0.2) is 65.8 Å². The first kappa shape index (κ1) is 23.1. The number of esters is 1. The van der Waals surface area contributed by atoms with E-state index in [1.807, 2.05) is 42.5 Å². The van der Waals surface area contributed by atoms with Crippen molar-refractivity contribution >= 4 is 17.6 Å². The van der Waals surface area contributed by atoms with Gasteiger partial charge in [-0.1, -0.05) is 30.3 Å². The summed E-state index contributed by atoms with van der Waals surface area (Å²) in [6, 6.07) is 14.8. The lowest BCUT2D eigenvalue weighted by Crippen LogP contribution is -2.30. The van der Waals surface area contributed by atoms with Crippen LogP contribution in [0.5, 0.6) is 17.2 Å². The van der Waals surface area contributed by atoms with E-state index in [1.165, 1.54) is 7.11 Å². The number of carbonyl (C=O) groups excluding carboxylic acids is 2. The lowest BCUT2D eigenvalue weighted by molar-refractivity contribution is -0.139. The number of nitrogens with zero attached hydrogens (tertiary/aromatic N) is 1. The first-order valence-electron chi connectivity index (χ1n) is 10.7. The van der Waals surface area contributed by atoms with E-state index >= 15 is 0 Å². The molecule has 1 N–H and O–H groups in total. The zero-order valence-corrected chi connectivity index (χ0v) is 18.2. The second kappa shape index (κ2) is 12.3. The second-order valence-electron chi connectivity index (χ2n) is 7.25. The first-order chi connectivity index (χ1) is 15.7. The van der Waals surface area contributed by atoms with Gasteiger partial charge in [-0.25, -0.2) is 0 Å². The summed E-state index contributed by atoms with van der Waals surface area (Å²) < 4.78 is 16.6. The Hall–Kier alpha value is -3.61. The number of Topliss-reactive ketones (excluding diaryl/α,β-unsaturated/α-hetero) is 1. The fraction of sp³-hybridized carbons (Fsp3) is 0.320. The third-order valence-electron chi connectivity index (χ3n) is 4.82. The number of nitrogens with one attached hydrogen (secondary N) is 1. The van der Waals surface area contributed by atoms with Crippen LogP contribution in [0, 0.1) is 0 Å². The van der Waals surface area contributed by atoms with Crippen LogP contribution in [-0.4, -0.2) is 37.8 Å². The molecule has 2 aromatic carbocycles. The number of unbranched alkanes of at least 4 members (excludes halogenated alkanes) is 2. The topological polar surface area (TPSA) is 86.2 Å². The summed E-state index contributed by atoms with van der Waals surface area (Å²) in [6.07, 6.45) is 6.76. The van der Waals surface area contributed by atoms with Crippen LogP contribution >= 0.6 is 0 Å². The Labute approximate surface area is 188 Å². The standard InChI is InChI=1S/C25H28N2O5/c1-30-24(29)17-19-12-13-21(18-23(19)32-20-9-4-2-5-10-20)31-16-7-3-6-14-26-25-22(28)11-8-15-27-25/h2,4-5,8-10,12-13,15,18H,3,6-7,11,14,16-17H2,1H3,(H,26,27). The molecule has 0 amide bonds. The summed E-state index contributed by atoms with van der Waals surface area (Å²) in [4.78, 5) is 27.7. The van der Waals surface area contributed by atoms with E-state index in [0.29, 0.717) is 42.7 Å². The number of methoxy groups -OCH3 is 1. The second-order valence-corrected chi connectivity index (χ2v) is 7.25. The Bertz CT molecular complexity index is 970. The summed E-state index contributed by atoms with van der Waals surface area (Å²) in [5, 5.41) is 2.89. The molecular formula is C25H28N2O5.